The summed E-state index contributed by atoms with van der Waals surface area (Å²) >= 11 is 0. The number of benzene rings is 2. The molecular weight excluding hydrogens is 256 g/mol. The molecule has 4 nitrogen and oxygen atoms in total. The Labute approximate surface area is 118 Å². The highest BCUT2D eigenvalue weighted by Crippen LogP contribution is 2.29. The van der Waals surface area contributed by atoms with Gasteiger partial charge in [-0.2, -0.15) is 0 Å². The normalized spacial score (nSPS) is 10.2. The van der Waals surface area contributed by atoms with Gasteiger partial charge in [-0.15, -0.1) is 0 Å². The Kier molecular flexibility index (Phi) is 4.85. The first kappa shape index (κ1) is 14.2. The molecule has 0 aromatic heterocycles. The minimum atomic E-state index is -0.0283. The fourth-order valence-corrected chi connectivity index (χ4v) is 1.86. The van der Waals surface area contributed by atoms with Crippen LogP contribution in [0.25, 0.3) is 0 Å². The van der Waals surface area contributed by atoms with Crippen molar-refractivity contribution < 1.29 is 19.3 Å². The van der Waals surface area contributed by atoms with E-state index in [1.807, 2.05) is 24.3 Å². The molecule has 0 bridgehead atoms. The van der Waals surface area contributed by atoms with Crippen molar-refractivity contribution in [2.24, 2.45) is 0 Å². The summed E-state index contributed by atoms with van der Waals surface area (Å²) in [7, 11) is 3.22. The molecule has 0 fully saturated rings. The van der Waals surface area contributed by atoms with E-state index in [0.29, 0.717) is 18.1 Å². The minimum Gasteiger partial charge on any atom is -0.497 e. The third-order valence-corrected chi connectivity index (χ3v) is 2.94. The second-order valence-electron chi connectivity index (χ2n) is 4.28. The zero-order chi connectivity index (χ0) is 14.4. The number of aliphatic hydroxyl groups excluding tert-OH is 1. The van der Waals surface area contributed by atoms with E-state index in [1.54, 1.807) is 32.4 Å². The molecular formula is C16H18O4. The van der Waals surface area contributed by atoms with E-state index in [1.165, 1.54) is 0 Å². The first-order chi connectivity index (χ1) is 9.76. The summed E-state index contributed by atoms with van der Waals surface area (Å²) in [6, 6.07) is 13.0. The molecule has 0 saturated carbocycles. The zero-order valence-corrected chi connectivity index (χ0v) is 11.6. The number of ether oxygens (including phenoxy) is 3. The molecule has 0 heterocycles. The Hall–Kier alpha value is -2.20. The Balaban J connectivity index is 2.12. The quantitative estimate of drug-likeness (QED) is 0.880. The lowest BCUT2D eigenvalue weighted by molar-refractivity contribution is 0.271. The van der Waals surface area contributed by atoms with Crippen molar-refractivity contribution >= 4 is 0 Å². The fourth-order valence-electron chi connectivity index (χ4n) is 1.86. The topological polar surface area (TPSA) is 47.9 Å². The molecule has 0 atom stereocenters. The third-order valence-electron chi connectivity index (χ3n) is 2.94. The van der Waals surface area contributed by atoms with E-state index in [4.69, 9.17) is 19.3 Å². The van der Waals surface area contributed by atoms with Crippen molar-refractivity contribution in [3.63, 3.8) is 0 Å². The van der Waals surface area contributed by atoms with Crippen LogP contribution in [0.1, 0.15) is 11.1 Å². The van der Waals surface area contributed by atoms with Crippen molar-refractivity contribution in [2.75, 3.05) is 14.2 Å². The standard InChI is InChI=1S/C16H18O4/c1-18-14-5-3-4-13(8-14)11-20-16-9-12(10-17)6-7-15(16)19-2/h3-9,17H,10-11H2,1-2H3. The summed E-state index contributed by atoms with van der Waals surface area (Å²) in [6.07, 6.45) is 0. The smallest absolute Gasteiger partial charge is 0.162 e. The van der Waals surface area contributed by atoms with Gasteiger partial charge in [0.2, 0.25) is 0 Å². The number of hydrogen-bond donors (Lipinski definition) is 1. The zero-order valence-electron chi connectivity index (χ0n) is 11.6. The Morgan fingerprint density at radius 3 is 2.45 bits per heavy atom. The summed E-state index contributed by atoms with van der Waals surface area (Å²) < 4.78 is 16.2. The molecule has 0 aliphatic heterocycles. The van der Waals surface area contributed by atoms with E-state index in [0.717, 1.165) is 16.9 Å². The monoisotopic (exact) mass is 274 g/mol. The predicted octanol–water partition coefficient (Wildman–Crippen LogP) is 2.78. The third kappa shape index (κ3) is 3.42. The highest BCUT2D eigenvalue weighted by atomic mass is 16.5. The van der Waals surface area contributed by atoms with Crippen LogP contribution in [0.3, 0.4) is 0 Å². The molecule has 0 spiro atoms. The fraction of sp³-hybridized carbons (Fsp3) is 0.250. The van der Waals surface area contributed by atoms with Crippen molar-refractivity contribution in [3.8, 4) is 17.2 Å². The van der Waals surface area contributed by atoms with Gasteiger partial charge in [-0.25, -0.2) is 0 Å². The van der Waals surface area contributed by atoms with Gasteiger partial charge in [-0.1, -0.05) is 18.2 Å². The molecule has 106 valence electrons. The Bertz CT molecular complexity index is 566. The largest absolute Gasteiger partial charge is 0.497 e. The van der Waals surface area contributed by atoms with Crippen LogP contribution in [-0.2, 0) is 13.2 Å². The van der Waals surface area contributed by atoms with Gasteiger partial charge >= 0.3 is 0 Å². The van der Waals surface area contributed by atoms with Gasteiger partial charge in [0.15, 0.2) is 11.5 Å². The molecule has 2 aromatic rings. The summed E-state index contributed by atoms with van der Waals surface area (Å²) in [4.78, 5) is 0. The maximum absolute atomic E-state index is 9.17. The van der Waals surface area contributed by atoms with Crippen LogP contribution in [0.15, 0.2) is 42.5 Å². The maximum atomic E-state index is 9.17. The summed E-state index contributed by atoms with van der Waals surface area (Å²) in [5.41, 5.74) is 1.78. The maximum Gasteiger partial charge on any atom is 0.162 e. The molecule has 2 rings (SSSR count). The van der Waals surface area contributed by atoms with E-state index in [-0.39, 0.29) is 6.61 Å². The van der Waals surface area contributed by atoms with Crippen molar-refractivity contribution in [1.29, 1.82) is 0 Å². The number of aliphatic hydroxyl groups is 1. The van der Waals surface area contributed by atoms with Crippen LogP contribution in [0, 0.1) is 0 Å². The lowest BCUT2D eigenvalue weighted by Crippen LogP contribution is -1.99. The highest BCUT2D eigenvalue weighted by Gasteiger charge is 2.06. The van der Waals surface area contributed by atoms with Gasteiger partial charge in [0.25, 0.3) is 0 Å². The van der Waals surface area contributed by atoms with Crippen LogP contribution < -0.4 is 14.2 Å². The van der Waals surface area contributed by atoms with Crippen LogP contribution >= 0.6 is 0 Å². The van der Waals surface area contributed by atoms with Crippen molar-refractivity contribution in [3.05, 3.63) is 53.6 Å². The Morgan fingerprint density at radius 2 is 1.75 bits per heavy atom. The second kappa shape index (κ2) is 6.82. The van der Waals surface area contributed by atoms with Crippen LogP contribution in [0.4, 0.5) is 0 Å². The van der Waals surface area contributed by atoms with Gasteiger partial charge < -0.3 is 19.3 Å². The van der Waals surface area contributed by atoms with Crippen LogP contribution in [-0.4, -0.2) is 19.3 Å². The van der Waals surface area contributed by atoms with Gasteiger partial charge in [0, 0.05) is 0 Å². The molecule has 0 radical (unpaired) electrons. The van der Waals surface area contributed by atoms with Gasteiger partial charge in [-0.3, -0.25) is 0 Å². The van der Waals surface area contributed by atoms with Gasteiger partial charge in [0.1, 0.15) is 12.4 Å². The van der Waals surface area contributed by atoms with Gasteiger partial charge in [-0.05, 0) is 35.4 Å². The Morgan fingerprint density at radius 1 is 0.900 bits per heavy atom. The molecule has 2 aromatic carbocycles. The van der Waals surface area contributed by atoms with Crippen molar-refractivity contribution in [2.45, 2.75) is 13.2 Å². The van der Waals surface area contributed by atoms with E-state index in [2.05, 4.69) is 0 Å². The summed E-state index contributed by atoms with van der Waals surface area (Å²) in [5.74, 6) is 2.05. The lowest BCUT2D eigenvalue weighted by Gasteiger charge is -2.12. The lowest BCUT2D eigenvalue weighted by atomic mass is 10.2. The average molecular weight is 274 g/mol. The number of methoxy groups -OCH3 is 2. The van der Waals surface area contributed by atoms with Crippen molar-refractivity contribution in [1.82, 2.24) is 0 Å². The van der Waals surface area contributed by atoms with Crippen LogP contribution in [0.5, 0.6) is 17.2 Å². The molecule has 1 N–H and O–H groups in total. The molecule has 0 aliphatic rings. The predicted molar refractivity (Wildman–Crippen MR) is 76.2 cm³/mol. The summed E-state index contributed by atoms with van der Waals surface area (Å²) in [5, 5.41) is 9.17. The van der Waals surface area contributed by atoms with E-state index < -0.39 is 0 Å². The molecule has 0 aliphatic carbocycles. The molecule has 0 amide bonds. The van der Waals surface area contributed by atoms with Crippen LogP contribution in [0.2, 0.25) is 0 Å². The molecule has 0 unspecified atom stereocenters. The van der Waals surface area contributed by atoms with E-state index in [9.17, 15) is 0 Å². The summed E-state index contributed by atoms with van der Waals surface area (Å²) in [6.45, 7) is 0.377. The molecule has 4 heteroatoms. The SMILES string of the molecule is COc1cccc(COc2cc(CO)ccc2OC)c1. The molecule has 20 heavy (non-hydrogen) atoms. The number of rotatable bonds is 6. The first-order valence-electron chi connectivity index (χ1n) is 6.30. The van der Waals surface area contributed by atoms with Gasteiger partial charge in [0.05, 0.1) is 20.8 Å². The van der Waals surface area contributed by atoms with E-state index >= 15 is 0 Å². The minimum absolute atomic E-state index is 0.0283. The highest BCUT2D eigenvalue weighted by molar-refractivity contribution is 5.43. The second-order valence-corrected chi connectivity index (χ2v) is 4.28. The molecule has 0 saturated heterocycles. The number of hydrogen-bond acceptors (Lipinski definition) is 4. The first-order valence-corrected chi connectivity index (χ1v) is 6.30. The average Bonchev–Trinajstić information content (AvgIpc) is 2.52.